The van der Waals surface area contributed by atoms with Crippen molar-refractivity contribution in [1.29, 1.82) is 5.26 Å². The summed E-state index contributed by atoms with van der Waals surface area (Å²) in [6, 6.07) is 17.1. The number of hydrogen-bond donors (Lipinski definition) is 2. The molecule has 0 bridgehead atoms. The van der Waals surface area contributed by atoms with Crippen LogP contribution in [-0.4, -0.2) is 22.8 Å². The van der Waals surface area contributed by atoms with Gasteiger partial charge in [-0.25, -0.2) is 4.98 Å². The standard InChI is InChI=1S/C31H32N4O3/c1-31(2,3)24-13-19(18-32)12-23(14-24)30(37)34-25-8-6-20-7-9-26(16-22(20)15-25)38-27-10-11-33-28(17-27)35-29(36)21-4-5-21/h7,9-14,16-17,21,25H,4-6,8,15H2,1-3H3,(H,34,37)(H,33,35,36). The summed E-state index contributed by atoms with van der Waals surface area (Å²) in [6.45, 7) is 6.21. The number of nitrogens with zero attached hydrogens (tertiary/aromatic N) is 2. The molecule has 0 saturated heterocycles. The highest BCUT2D eigenvalue weighted by atomic mass is 16.5. The quantitative estimate of drug-likeness (QED) is 0.446. The summed E-state index contributed by atoms with van der Waals surface area (Å²) in [6.07, 6.45) is 5.89. The molecule has 2 amide bonds. The lowest BCUT2D eigenvalue weighted by Gasteiger charge is -2.26. The van der Waals surface area contributed by atoms with E-state index in [4.69, 9.17) is 4.74 Å². The third-order valence-corrected chi connectivity index (χ3v) is 7.10. The number of hydrogen-bond acceptors (Lipinski definition) is 5. The molecule has 1 atom stereocenters. The van der Waals surface area contributed by atoms with E-state index in [1.165, 1.54) is 5.56 Å². The van der Waals surface area contributed by atoms with Crippen LogP contribution in [0.3, 0.4) is 0 Å². The van der Waals surface area contributed by atoms with Crippen LogP contribution in [0.4, 0.5) is 5.82 Å². The van der Waals surface area contributed by atoms with E-state index in [9.17, 15) is 14.9 Å². The van der Waals surface area contributed by atoms with E-state index < -0.39 is 0 Å². The second kappa shape index (κ2) is 10.3. The predicted molar refractivity (Wildman–Crippen MR) is 145 cm³/mol. The number of benzene rings is 2. The molecule has 38 heavy (non-hydrogen) atoms. The van der Waals surface area contributed by atoms with Crippen LogP contribution in [0.2, 0.25) is 0 Å². The van der Waals surface area contributed by atoms with E-state index in [2.05, 4.69) is 48.5 Å². The van der Waals surface area contributed by atoms with E-state index in [0.717, 1.165) is 36.8 Å². The average molecular weight is 509 g/mol. The molecule has 1 fully saturated rings. The minimum atomic E-state index is -0.166. The Bertz CT molecular complexity index is 1430. The minimum absolute atomic E-state index is 0.00509. The molecule has 0 spiro atoms. The van der Waals surface area contributed by atoms with Crippen molar-refractivity contribution in [3.63, 3.8) is 0 Å². The highest BCUT2D eigenvalue weighted by molar-refractivity contribution is 5.95. The number of aryl methyl sites for hydroxylation is 1. The van der Waals surface area contributed by atoms with Gasteiger partial charge in [0.15, 0.2) is 0 Å². The first-order valence-corrected chi connectivity index (χ1v) is 13.1. The lowest BCUT2D eigenvalue weighted by molar-refractivity contribution is -0.117. The summed E-state index contributed by atoms with van der Waals surface area (Å²) >= 11 is 0. The molecule has 2 N–H and O–H groups in total. The largest absolute Gasteiger partial charge is 0.457 e. The summed E-state index contributed by atoms with van der Waals surface area (Å²) in [5, 5.41) is 15.5. The Morgan fingerprint density at radius 1 is 1.00 bits per heavy atom. The minimum Gasteiger partial charge on any atom is -0.457 e. The van der Waals surface area contributed by atoms with Gasteiger partial charge in [-0.15, -0.1) is 0 Å². The van der Waals surface area contributed by atoms with Crippen LogP contribution in [0.15, 0.2) is 54.7 Å². The average Bonchev–Trinajstić information content (AvgIpc) is 3.74. The van der Waals surface area contributed by atoms with Gasteiger partial charge in [-0.3, -0.25) is 9.59 Å². The van der Waals surface area contributed by atoms with E-state index in [-0.39, 0.29) is 29.2 Å². The number of aromatic nitrogens is 1. The normalized spacial score (nSPS) is 16.6. The summed E-state index contributed by atoms with van der Waals surface area (Å²) in [4.78, 5) is 29.4. The number of anilines is 1. The maximum atomic E-state index is 13.2. The maximum Gasteiger partial charge on any atom is 0.251 e. The Morgan fingerprint density at radius 2 is 1.79 bits per heavy atom. The molecule has 2 aliphatic carbocycles. The maximum absolute atomic E-state index is 13.2. The number of nitrogens with one attached hydrogen (secondary N) is 2. The summed E-state index contributed by atoms with van der Waals surface area (Å²) < 4.78 is 6.09. The second-order valence-electron chi connectivity index (χ2n) is 11.2. The molecule has 7 heteroatoms. The zero-order valence-electron chi connectivity index (χ0n) is 22.0. The van der Waals surface area contributed by atoms with Gasteiger partial charge in [0.05, 0.1) is 11.6 Å². The highest BCUT2D eigenvalue weighted by Crippen LogP contribution is 2.32. The number of carbonyl (C=O) groups is 2. The molecule has 0 radical (unpaired) electrons. The van der Waals surface area contributed by atoms with E-state index in [1.807, 2.05) is 24.3 Å². The van der Waals surface area contributed by atoms with Crippen LogP contribution in [0.5, 0.6) is 11.5 Å². The molecule has 1 heterocycles. The Kier molecular flexibility index (Phi) is 6.90. The SMILES string of the molecule is CC(C)(C)c1cc(C#N)cc(C(=O)NC2CCc3ccc(Oc4ccnc(NC(=O)C5CC5)c4)cc3C2)c1. The topological polar surface area (TPSA) is 104 Å². The molecule has 1 saturated carbocycles. The van der Waals surface area contributed by atoms with Crippen molar-refractivity contribution in [3.8, 4) is 17.6 Å². The third-order valence-electron chi connectivity index (χ3n) is 7.10. The zero-order valence-corrected chi connectivity index (χ0v) is 22.0. The lowest BCUT2D eigenvalue weighted by Crippen LogP contribution is -2.39. The Morgan fingerprint density at radius 3 is 2.53 bits per heavy atom. The van der Waals surface area contributed by atoms with Crippen LogP contribution in [0.1, 0.15) is 72.6 Å². The van der Waals surface area contributed by atoms with E-state index in [0.29, 0.717) is 34.9 Å². The molecule has 7 nitrogen and oxygen atoms in total. The van der Waals surface area contributed by atoms with E-state index >= 15 is 0 Å². The number of carbonyl (C=O) groups excluding carboxylic acids is 2. The van der Waals surface area contributed by atoms with Gasteiger partial charge in [-0.05, 0) is 90.6 Å². The molecule has 1 unspecified atom stereocenters. The fourth-order valence-corrected chi connectivity index (χ4v) is 4.70. The van der Waals surface area contributed by atoms with E-state index in [1.54, 1.807) is 24.4 Å². The number of nitriles is 1. The van der Waals surface area contributed by atoms with Crippen molar-refractivity contribution in [2.24, 2.45) is 5.92 Å². The van der Waals surface area contributed by atoms with Gasteiger partial charge in [-0.1, -0.05) is 26.8 Å². The first-order valence-electron chi connectivity index (χ1n) is 13.1. The molecule has 3 aromatic rings. The van der Waals surface area contributed by atoms with Gasteiger partial charge in [0.2, 0.25) is 5.91 Å². The molecule has 194 valence electrons. The Hall–Kier alpha value is -4.18. The van der Waals surface area contributed by atoms with Gasteiger partial charge in [0, 0.05) is 29.8 Å². The fraction of sp³-hybridized carbons (Fsp3) is 0.355. The summed E-state index contributed by atoms with van der Waals surface area (Å²) in [5.74, 6) is 1.72. The molecule has 0 aliphatic heterocycles. The first kappa shape index (κ1) is 25.5. The van der Waals surface area contributed by atoms with Crippen LogP contribution >= 0.6 is 0 Å². The Balaban J connectivity index is 1.26. The first-order chi connectivity index (χ1) is 18.2. The molecule has 2 aromatic carbocycles. The van der Waals surface area contributed by atoms with Crippen LogP contribution < -0.4 is 15.4 Å². The number of ether oxygens (including phenoxy) is 1. The van der Waals surface area contributed by atoms with Crippen molar-refractivity contribution < 1.29 is 14.3 Å². The van der Waals surface area contributed by atoms with Gasteiger partial charge >= 0.3 is 0 Å². The van der Waals surface area contributed by atoms with Crippen molar-refractivity contribution in [1.82, 2.24) is 10.3 Å². The van der Waals surface area contributed by atoms with Gasteiger partial charge in [-0.2, -0.15) is 5.26 Å². The zero-order chi connectivity index (χ0) is 26.9. The van der Waals surface area contributed by atoms with Crippen molar-refractivity contribution >= 4 is 17.6 Å². The van der Waals surface area contributed by atoms with Crippen LogP contribution in [-0.2, 0) is 23.1 Å². The molecular weight excluding hydrogens is 476 g/mol. The van der Waals surface area contributed by atoms with Gasteiger partial charge < -0.3 is 15.4 Å². The van der Waals surface area contributed by atoms with Crippen LogP contribution in [0.25, 0.3) is 0 Å². The summed E-state index contributed by atoms with van der Waals surface area (Å²) in [5.41, 5.74) is 4.18. The van der Waals surface area contributed by atoms with Gasteiger partial charge in [0.1, 0.15) is 17.3 Å². The Labute approximate surface area is 223 Å². The highest BCUT2D eigenvalue weighted by Gasteiger charge is 2.30. The number of amides is 2. The number of rotatable bonds is 6. The molecule has 2 aliphatic rings. The monoisotopic (exact) mass is 508 g/mol. The summed E-state index contributed by atoms with van der Waals surface area (Å²) in [7, 11) is 0. The number of pyridine rings is 1. The molecular formula is C31H32N4O3. The smallest absolute Gasteiger partial charge is 0.251 e. The molecule has 5 rings (SSSR count). The van der Waals surface area contributed by atoms with Gasteiger partial charge in [0.25, 0.3) is 5.91 Å². The third kappa shape index (κ3) is 6.03. The lowest BCUT2D eigenvalue weighted by atomic mass is 9.85. The fourth-order valence-electron chi connectivity index (χ4n) is 4.70. The number of fused-ring (bicyclic) bond motifs is 1. The molecule has 1 aromatic heterocycles. The van der Waals surface area contributed by atoms with Crippen molar-refractivity contribution in [3.05, 3.63) is 82.5 Å². The van der Waals surface area contributed by atoms with Crippen molar-refractivity contribution in [2.75, 3.05) is 5.32 Å². The second-order valence-corrected chi connectivity index (χ2v) is 11.2. The van der Waals surface area contributed by atoms with Crippen molar-refractivity contribution in [2.45, 2.75) is 64.3 Å². The van der Waals surface area contributed by atoms with Crippen LogP contribution in [0, 0.1) is 17.2 Å². The predicted octanol–water partition coefficient (Wildman–Crippen LogP) is 5.68.